The van der Waals surface area contributed by atoms with Crippen LogP contribution in [-0.2, 0) is 0 Å². The molecule has 0 fully saturated rings. The summed E-state index contributed by atoms with van der Waals surface area (Å²) in [5.41, 5.74) is 9.40. The fourth-order valence-electron chi connectivity index (χ4n) is 1.94. The first-order valence-electron chi connectivity index (χ1n) is 5.41. The highest BCUT2D eigenvalue weighted by Gasteiger charge is 2.06. The van der Waals surface area contributed by atoms with Gasteiger partial charge in [0.15, 0.2) is 0 Å². The van der Waals surface area contributed by atoms with Crippen molar-refractivity contribution in [3.63, 3.8) is 0 Å². The van der Waals surface area contributed by atoms with Crippen LogP contribution in [0.2, 0.25) is 0 Å². The third-order valence-electron chi connectivity index (χ3n) is 2.74. The molecule has 3 heteroatoms. The van der Waals surface area contributed by atoms with Crippen LogP contribution in [0, 0.1) is 0 Å². The van der Waals surface area contributed by atoms with Gasteiger partial charge >= 0.3 is 0 Å². The number of benzene rings is 2. The summed E-state index contributed by atoms with van der Waals surface area (Å²) in [5, 5.41) is 0.985. The Labute approximate surface area is 98.9 Å². The van der Waals surface area contributed by atoms with Crippen LogP contribution in [0.4, 0.5) is 5.69 Å². The van der Waals surface area contributed by atoms with Crippen LogP contribution in [0.25, 0.3) is 22.2 Å². The summed E-state index contributed by atoms with van der Waals surface area (Å²) in [6, 6.07) is 15.8. The van der Waals surface area contributed by atoms with Crippen molar-refractivity contribution in [3.8, 4) is 11.3 Å². The molecule has 0 aliphatic rings. The third kappa shape index (κ3) is 1.61. The molecular weight excluding hydrogens is 210 g/mol. The minimum absolute atomic E-state index is 0.682. The van der Waals surface area contributed by atoms with Gasteiger partial charge in [0.1, 0.15) is 6.33 Å². The van der Waals surface area contributed by atoms with Crippen LogP contribution in [0.5, 0.6) is 0 Å². The second-order valence-corrected chi connectivity index (χ2v) is 3.83. The normalized spacial score (nSPS) is 10.6. The van der Waals surface area contributed by atoms with Gasteiger partial charge in [-0.15, -0.1) is 0 Å². The first-order valence-corrected chi connectivity index (χ1v) is 5.41. The highest BCUT2D eigenvalue weighted by molar-refractivity contribution is 5.97. The average molecular weight is 221 g/mol. The highest BCUT2D eigenvalue weighted by atomic mass is 14.8. The van der Waals surface area contributed by atoms with Gasteiger partial charge in [-0.05, 0) is 6.07 Å². The molecule has 0 spiro atoms. The Morgan fingerprint density at radius 3 is 2.47 bits per heavy atom. The lowest BCUT2D eigenvalue weighted by Crippen LogP contribution is -1.93. The van der Waals surface area contributed by atoms with Gasteiger partial charge in [-0.3, -0.25) is 0 Å². The Morgan fingerprint density at radius 2 is 1.65 bits per heavy atom. The predicted molar refractivity (Wildman–Crippen MR) is 69.4 cm³/mol. The van der Waals surface area contributed by atoms with Gasteiger partial charge in [0.2, 0.25) is 0 Å². The monoisotopic (exact) mass is 221 g/mol. The molecule has 0 radical (unpaired) electrons. The molecule has 2 N–H and O–H groups in total. The van der Waals surface area contributed by atoms with E-state index in [2.05, 4.69) is 9.97 Å². The topological polar surface area (TPSA) is 51.8 Å². The minimum Gasteiger partial charge on any atom is -0.397 e. The molecule has 82 valence electrons. The van der Waals surface area contributed by atoms with Gasteiger partial charge in [0.25, 0.3) is 0 Å². The molecule has 0 aliphatic heterocycles. The summed E-state index contributed by atoms with van der Waals surface area (Å²) in [6.45, 7) is 0. The Bertz CT molecular complexity index is 663. The number of nitrogens with two attached hydrogens (primary N) is 1. The second-order valence-electron chi connectivity index (χ2n) is 3.83. The summed E-state index contributed by atoms with van der Waals surface area (Å²) in [6.07, 6.45) is 1.56. The van der Waals surface area contributed by atoms with Gasteiger partial charge in [0, 0.05) is 10.9 Å². The number of fused-ring (bicyclic) bond motifs is 1. The summed E-state index contributed by atoms with van der Waals surface area (Å²) in [7, 11) is 0. The molecule has 0 amide bonds. The maximum atomic E-state index is 5.91. The third-order valence-corrected chi connectivity index (χ3v) is 2.74. The van der Waals surface area contributed by atoms with Crippen LogP contribution < -0.4 is 5.73 Å². The van der Waals surface area contributed by atoms with E-state index >= 15 is 0 Å². The number of aromatic nitrogens is 2. The molecule has 0 saturated heterocycles. The molecule has 1 heterocycles. The van der Waals surface area contributed by atoms with Gasteiger partial charge < -0.3 is 5.73 Å². The Kier molecular flexibility index (Phi) is 2.22. The number of hydrogen-bond acceptors (Lipinski definition) is 3. The lowest BCUT2D eigenvalue weighted by atomic mass is 10.1. The van der Waals surface area contributed by atoms with Crippen LogP contribution in [-0.4, -0.2) is 9.97 Å². The van der Waals surface area contributed by atoms with Crippen molar-refractivity contribution in [1.29, 1.82) is 0 Å². The Hall–Kier alpha value is -2.42. The van der Waals surface area contributed by atoms with Crippen LogP contribution in [0.3, 0.4) is 0 Å². The van der Waals surface area contributed by atoms with E-state index in [-0.39, 0.29) is 0 Å². The molecule has 0 bridgehead atoms. The smallest absolute Gasteiger partial charge is 0.116 e. The van der Waals surface area contributed by atoms with E-state index in [1.165, 1.54) is 0 Å². The van der Waals surface area contributed by atoms with E-state index in [1.54, 1.807) is 6.33 Å². The van der Waals surface area contributed by atoms with Crippen molar-refractivity contribution in [2.24, 2.45) is 0 Å². The number of nitrogens with zero attached hydrogens (tertiary/aromatic N) is 2. The molecule has 0 aliphatic carbocycles. The minimum atomic E-state index is 0.682. The van der Waals surface area contributed by atoms with Gasteiger partial charge in [-0.1, -0.05) is 42.5 Å². The fraction of sp³-hybridized carbons (Fsp3) is 0. The number of nitrogen functional groups attached to an aromatic ring is 1. The molecule has 0 unspecified atom stereocenters. The van der Waals surface area contributed by atoms with Crippen LogP contribution in [0.1, 0.15) is 0 Å². The highest BCUT2D eigenvalue weighted by Crippen LogP contribution is 2.27. The zero-order valence-electron chi connectivity index (χ0n) is 9.17. The number of anilines is 1. The molecule has 0 saturated carbocycles. The van der Waals surface area contributed by atoms with E-state index in [0.717, 1.165) is 22.2 Å². The second kappa shape index (κ2) is 3.87. The quantitative estimate of drug-likeness (QED) is 0.643. The van der Waals surface area contributed by atoms with Gasteiger partial charge in [-0.25, -0.2) is 9.97 Å². The summed E-state index contributed by atoms with van der Waals surface area (Å²) in [5.74, 6) is 0. The summed E-state index contributed by atoms with van der Waals surface area (Å²) < 4.78 is 0. The summed E-state index contributed by atoms with van der Waals surface area (Å²) >= 11 is 0. The molecule has 17 heavy (non-hydrogen) atoms. The van der Waals surface area contributed by atoms with Gasteiger partial charge in [0.05, 0.1) is 16.9 Å². The van der Waals surface area contributed by atoms with Gasteiger partial charge in [-0.2, -0.15) is 0 Å². The van der Waals surface area contributed by atoms with Crippen molar-refractivity contribution in [2.75, 3.05) is 5.73 Å². The largest absolute Gasteiger partial charge is 0.397 e. The average Bonchev–Trinajstić information content (AvgIpc) is 2.40. The molecule has 1 aromatic heterocycles. The maximum Gasteiger partial charge on any atom is 0.116 e. The van der Waals surface area contributed by atoms with Crippen molar-refractivity contribution in [2.45, 2.75) is 0 Å². The maximum absolute atomic E-state index is 5.91. The lowest BCUT2D eigenvalue weighted by Gasteiger charge is -2.06. The van der Waals surface area contributed by atoms with E-state index in [9.17, 15) is 0 Å². The van der Waals surface area contributed by atoms with Crippen molar-refractivity contribution >= 4 is 16.6 Å². The molecular formula is C14H11N3. The van der Waals surface area contributed by atoms with Crippen molar-refractivity contribution < 1.29 is 0 Å². The molecule has 3 rings (SSSR count). The zero-order chi connectivity index (χ0) is 11.7. The molecule has 2 aromatic carbocycles. The Morgan fingerprint density at radius 1 is 0.824 bits per heavy atom. The van der Waals surface area contributed by atoms with E-state index in [4.69, 9.17) is 5.73 Å². The van der Waals surface area contributed by atoms with Crippen molar-refractivity contribution in [1.82, 2.24) is 9.97 Å². The first kappa shape index (κ1) is 9.78. The van der Waals surface area contributed by atoms with Crippen LogP contribution in [0.15, 0.2) is 54.9 Å². The van der Waals surface area contributed by atoms with Crippen LogP contribution >= 0.6 is 0 Å². The summed E-state index contributed by atoms with van der Waals surface area (Å²) in [4.78, 5) is 8.58. The number of para-hydroxylation sites is 1. The molecule has 3 aromatic rings. The Balaban J connectivity index is 2.35. The first-order chi connectivity index (χ1) is 8.36. The molecule has 0 atom stereocenters. The van der Waals surface area contributed by atoms with Crippen molar-refractivity contribution in [3.05, 3.63) is 54.9 Å². The lowest BCUT2D eigenvalue weighted by molar-refractivity contribution is 1.23. The number of hydrogen-bond donors (Lipinski definition) is 1. The standard InChI is InChI=1S/C14H11N3/c15-12-8-4-7-11-13(16-9-17-14(11)12)10-5-2-1-3-6-10/h1-9H,15H2. The SMILES string of the molecule is Nc1cccc2c(-c3ccccc3)ncnc12. The zero-order valence-corrected chi connectivity index (χ0v) is 9.17. The van der Waals surface area contributed by atoms with E-state index in [1.807, 2.05) is 48.5 Å². The molecule has 3 nitrogen and oxygen atoms in total. The van der Waals surface area contributed by atoms with E-state index < -0.39 is 0 Å². The number of rotatable bonds is 1. The fourth-order valence-corrected chi connectivity index (χ4v) is 1.94. The predicted octanol–water partition coefficient (Wildman–Crippen LogP) is 2.88. The van der Waals surface area contributed by atoms with E-state index in [0.29, 0.717) is 5.69 Å².